The van der Waals surface area contributed by atoms with Crippen LogP contribution in [0.2, 0.25) is 0 Å². The summed E-state index contributed by atoms with van der Waals surface area (Å²) in [5.41, 5.74) is 14.8. The molecule has 0 N–H and O–H groups in total. The van der Waals surface area contributed by atoms with Crippen molar-refractivity contribution in [2.75, 3.05) is 0 Å². The van der Waals surface area contributed by atoms with Crippen LogP contribution in [0.25, 0.3) is 17.2 Å². The van der Waals surface area contributed by atoms with E-state index in [1.54, 1.807) is 16.7 Å². The maximum absolute atomic E-state index is 4.36. The summed E-state index contributed by atoms with van der Waals surface area (Å²) in [4.78, 5) is 0. The number of hydrogen-bond acceptors (Lipinski definition) is 0. The van der Waals surface area contributed by atoms with Gasteiger partial charge in [0.1, 0.15) is 0 Å². The van der Waals surface area contributed by atoms with E-state index < -0.39 is 0 Å². The average Bonchev–Trinajstić information content (AvgIpc) is 3.39. The van der Waals surface area contributed by atoms with E-state index in [0.717, 1.165) is 43.4 Å². The molecular weight excluding hydrogens is 408 g/mol. The summed E-state index contributed by atoms with van der Waals surface area (Å²) in [5.74, 6) is 3.33. The van der Waals surface area contributed by atoms with Gasteiger partial charge in [-0.15, -0.1) is 0 Å². The zero-order chi connectivity index (χ0) is 23.4. The molecule has 7 rings (SSSR count). The summed E-state index contributed by atoms with van der Waals surface area (Å²) in [6, 6.07) is 11.9. The molecular formula is C34H40. The molecule has 0 nitrogen and oxygen atoms in total. The van der Waals surface area contributed by atoms with Crippen molar-refractivity contribution < 1.29 is 0 Å². The SMILES string of the molecule is C=C1CCC(=C)C1CC1=Cc2cccc(-c3cc(C)cc(C)c3CC3CC4CCC3CC4)c2C1. The highest BCUT2D eigenvalue weighted by atomic mass is 14.4. The lowest BCUT2D eigenvalue weighted by molar-refractivity contribution is 0.0991. The van der Waals surface area contributed by atoms with Crippen molar-refractivity contribution in [3.8, 4) is 11.1 Å². The number of allylic oxidation sites excluding steroid dienone is 3. The first-order valence-electron chi connectivity index (χ1n) is 13.7. The van der Waals surface area contributed by atoms with Crippen molar-refractivity contribution in [3.05, 3.63) is 88.0 Å². The highest BCUT2D eigenvalue weighted by molar-refractivity contribution is 5.80. The molecule has 34 heavy (non-hydrogen) atoms. The standard InChI is InChI=1S/C34H40/c1-21-14-24(4)32(20-29-16-25-10-12-27(29)13-11-25)34(15-21)30-7-5-6-28-17-26(19-33(28)30)18-31-22(2)8-9-23(31)3/h5-7,14-15,17,25,27,29,31H,2-3,8-13,16,18-20H2,1,4H3. The Morgan fingerprint density at radius 3 is 2.35 bits per heavy atom. The molecule has 5 aliphatic carbocycles. The van der Waals surface area contributed by atoms with Crippen LogP contribution < -0.4 is 0 Å². The molecule has 2 aromatic rings. The molecule has 0 heterocycles. The summed E-state index contributed by atoms with van der Waals surface area (Å²) in [7, 11) is 0. The van der Waals surface area contributed by atoms with Gasteiger partial charge in [0.15, 0.2) is 0 Å². The number of hydrogen-bond donors (Lipinski definition) is 0. The van der Waals surface area contributed by atoms with E-state index in [1.165, 1.54) is 77.5 Å². The van der Waals surface area contributed by atoms with Gasteiger partial charge in [0.05, 0.1) is 0 Å². The molecule has 1 atom stereocenters. The molecule has 0 aromatic heterocycles. The van der Waals surface area contributed by atoms with Crippen molar-refractivity contribution in [3.63, 3.8) is 0 Å². The van der Waals surface area contributed by atoms with Crippen molar-refractivity contribution in [2.45, 2.75) is 78.1 Å². The number of aryl methyl sites for hydroxylation is 2. The number of fused-ring (bicyclic) bond motifs is 4. The summed E-state index contributed by atoms with van der Waals surface area (Å²) in [6.07, 6.45) is 15.6. The first-order valence-corrected chi connectivity index (χ1v) is 13.7. The predicted octanol–water partition coefficient (Wildman–Crippen LogP) is 9.19. The van der Waals surface area contributed by atoms with Crippen LogP contribution in [0.1, 0.15) is 79.2 Å². The molecule has 0 amide bonds. The Kier molecular flexibility index (Phi) is 5.67. The van der Waals surface area contributed by atoms with Crippen LogP contribution in [0.4, 0.5) is 0 Å². The van der Waals surface area contributed by atoms with Gasteiger partial charge in [0, 0.05) is 5.92 Å². The Labute approximate surface area is 206 Å². The first kappa shape index (κ1) is 22.1. The van der Waals surface area contributed by atoms with Crippen molar-refractivity contribution in [2.24, 2.45) is 23.7 Å². The Balaban J connectivity index is 1.32. The van der Waals surface area contributed by atoms with Crippen LogP contribution >= 0.6 is 0 Å². The minimum Gasteiger partial charge on any atom is -0.0992 e. The second kappa shape index (κ2) is 8.71. The lowest BCUT2D eigenvalue weighted by atomic mass is 9.63. The van der Waals surface area contributed by atoms with E-state index >= 15 is 0 Å². The van der Waals surface area contributed by atoms with E-state index in [9.17, 15) is 0 Å². The van der Waals surface area contributed by atoms with E-state index in [2.05, 4.69) is 63.4 Å². The third kappa shape index (κ3) is 3.94. The summed E-state index contributed by atoms with van der Waals surface area (Å²) in [5, 5.41) is 0. The van der Waals surface area contributed by atoms with E-state index in [1.807, 2.05) is 0 Å². The number of rotatable bonds is 5. The average molecular weight is 449 g/mol. The highest BCUT2D eigenvalue weighted by Crippen LogP contribution is 2.48. The van der Waals surface area contributed by atoms with Gasteiger partial charge in [-0.2, -0.15) is 0 Å². The number of benzene rings is 2. The van der Waals surface area contributed by atoms with Gasteiger partial charge in [-0.3, -0.25) is 0 Å². The van der Waals surface area contributed by atoms with Crippen LogP contribution in [0.5, 0.6) is 0 Å². The van der Waals surface area contributed by atoms with Crippen LogP contribution in [-0.2, 0) is 12.8 Å². The fourth-order valence-corrected chi connectivity index (χ4v) is 7.86. The molecule has 4 saturated carbocycles. The van der Waals surface area contributed by atoms with Gasteiger partial charge >= 0.3 is 0 Å². The third-order valence-corrected chi connectivity index (χ3v) is 9.76. The van der Waals surface area contributed by atoms with Crippen LogP contribution in [0, 0.1) is 37.5 Å². The minimum absolute atomic E-state index is 0.488. The molecule has 2 aromatic carbocycles. The minimum atomic E-state index is 0.488. The van der Waals surface area contributed by atoms with Gasteiger partial charge in [0.2, 0.25) is 0 Å². The van der Waals surface area contributed by atoms with Gasteiger partial charge in [0.25, 0.3) is 0 Å². The topological polar surface area (TPSA) is 0 Å². The molecule has 0 heteroatoms. The van der Waals surface area contributed by atoms with Crippen LogP contribution in [0.3, 0.4) is 0 Å². The molecule has 0 aliphatic heterocycles. The lowest BCUT2D eigenvalue weighted by Crippen LogP contribution is -2.32. The molecule has 5 aliphatic rings. The quantitative estimate of drug-likeness (QED) is 0.400. The first-order chi connectivity index (χ1) is 16.5. The van der Waals surface area contributed by atoms with Gasteiger partial charge in [-0.05, 0) is 116 Å². The summed E-state index contributed by atoms with van der Waals surface area (Å²) < 4.78 is 0. The third-order valence-electron chi connectivity index (χ3n) is 9.76. The van der Waals surface area contributed by atoms with Crippen molar-refractivity contribution in [1.82, 2.24) is 0 Å². The van der Waals surface area contributed by atoms with E-state index in [4.69, 9.17) is 0 Å². The van der Waals surface area contributed by atoms with E-state index in [-0.39, 0.29) is 0 Å². The van der Waals surface area contributed by atoms with Gasteiger partial charge in [-0.25, -0.2) is 0 Å². The maximum Gasteiger partial charge on any atom is 0.00392 e. The molecule has 2 bridgehead atoms. The summed E-state index contributed by atoms with van der Waals surface area (Å²) >= 11 is 0. The second-order valence-electron chi connectivity index (χ2n) is 12.0. The van der Waals surface area contributed by atoms with Crippen molar-refractivity contribution >= 4 is 6.08 Å². The lowest BCUT2D eigenvalue weighted by Gasteiger charge is -2.43. The summed E-state index contributed by atoms with van der Waals surface area (Å²) in [6.45, 7) is 13.3. The zero-order valence-corrected chi connectivity index (χ0v) is 21.3. The fraction of sp³-hybridized carbons (Fsp3) is 0.471. The van der Waals surface area contributed by atoms with Gasteiger partial charge < -0.3 is 0 Å². The van der Waals surface area contributed by atoms with Gasteiger partial charge in [-0.1, -0.05) is 84.7 Å². The fourth-order valence-electron chi connectivity index (χ4n) is 7.86. The zero-order valence-electron chi connectivity index (χ0n) is 21.3. The Bertz CT molecular complexity index is 1160. The van der Waals surface area contributed by atoms with E-state index in [0.29, 0.717) is 5.92 Å². The predicted molar refractivity (Wildman–Crippen MR) is 146 cm³/mol. The maximum atomic E-state index is 4.36. The normalized spacial score (nSPS) is 26.3. The largest absolute Gasteiger partial charge is 0.0992 e. The van der Waals surface area contributed by atoms with Crippen LogP contribution in [0.15, 0.2) is 60.2 Å². The Morgan fingerprint density at radius 1 is 0.882 bits per heavy atom. The molecule has 4 fully saturated rings. The second-order valence-corrected chi connectivity index (χ2v) is 12.0. The van der Waals surface area contributed by atoms with Crippen molar-refractivity contribution in [1.29, 1.82) is 0 Å². The highest BCUT2D eigenvalue weighted by Gasteiger charge is 2.36. The molecule has 0 saturated heterocycles. The monoisotopic (exact) mass is 448 g/mol. The smallest absolute Gasteiger partial charge is 0.00392 e. The molecule has 0 radical (unpaired) electrons. The molecule has 176 valence electrons. The Morgan fingerprint density at radius 2 is 1.65 bits per heavy atom. The Hall–Kier alpha value is -2.34. The molecule has 0 spiro atoms. The van der Waals surface area contributed by atoms with Crippen LogP contribution in [-0.4, -0.2) is 0 Å². The molecule has 1 unspecified atom stereocenters.